The minimum Gasteiger partial charge on any atom is -0.508 e. The number of phenolic OH excluding ortho intramolecular Hbond substituents is 1. The highest BCUT2D eigenvalue weighted by molar-refractivity contribution is 7.80. The molecule has 1 unspecified atom stereocenters. The lowest BCUT2D eigenvalue weighted by molar-refractivity contribution is 0.203. The Labute approximate surface area is 129 Å². The first-order valence-corrected chi connectivity index (χ1v) is 7.33. The SMILES string of the molecule is CC(C)S.CC(O)CN.CCC.Nc1ccc(O)cc1. The van der Waals surface area contributed by atoms with E-state index < -0.39 is 0 Å². The Balaban J connectivity index is -0.000000211. The van der Waals surface area contributed by atoms with E-state index in [9.17, 15) is 0 Å². The average Bonchev–Trinajstić information content (AvgIpc) is 2.34. The number of nitrogens with two attached hydrogens (primary N) is 2. The van der Waals surface area contributed by atoms with E-state index in [4.69, 9.17) is 21.7 Å². The Morgan fingerprint density at radius 2 is 1.35 bits per heavy atom. The van der Waals surface area contributed by atoms with Crippen LogP contribution in [0.1, 0.15) is 41.0 Å². The zero-order valence-electron chi connectivity index (χ0n) is 13.4. The van der Waals surface area contributed by atoms with Crippen molar-refractivity contribution in [2.45, 2.75) is 52.4 Å². The monoisotopic (exact) mass is 304 g/mol. The van der Waals surface area contributed by atoms with Gasteiger partial charge in [-0.1, -0.05) is 34.1 Å². The van der Waals surface area contributed by atoms with Crippen LogP contribution in [0.25, 0.3) is 0 Å². The highest BCUT2D eigenvalue weighted by atomic mass is 32.1. The lowest BCUT2D eigenvalue weighted by Crippen LogP contribution is -2.14. The van der Waals surface area contributed by atoms with Crippen molar-refractivity contribution in [1.29, 1.82) is 0 Å². The van der Waals surface area contributed by atoms with Gasteiger partial charge in [0.25, 0.3) is 0 Å². The number of hydrogen-bond donors (Lipinski definition) is 5. The number of thiol groups is 1. The molecule has 0 aliphatic rings. The maximum atomic E-state index is 8.70. The smallest absolute Gasteiger partial charge is 0.115 e. The summed E-state index contributed by atoms with van der Waals surface area (Å²) >= 11 is 3.97. The second-order valence-electron chi connectivity index (χ2n) is 4.48. The van der Waals surface area contributed by atoms with Gasteiger partial charge in [0.2, 0.25) is 0 Å². The van der Waals surface area contributed by atoms with Crippen LogP contribution in [-0.2, 0) is 0 Å². The van der Waals surface area contributed by atoms with Gasteiger partial charge in [0.1, 0.15) is 5.75 Å². The fourth-order valence-corrected chi connectivity index (χ4v) is 0.474. The number of rotatable bonds is 1. The summed E-state index contributed by atoms with van der Waals surface area (Å²) in [7, 11) is 0. The van der Waals surface area contributed by atoms with Crippen molar-refractivity contribution in [3.63, 3.8) is 0 Å². The molecular weight excluding hydrogens is 272 g/mol. The topological polar surface area (TPSA) is 92.5 Å². The van der Waals surface area contributed by atoms with Gasteiger partial charge in [0.05, 0.1) is 6.10 Å². The molecule has 1 rings (SSSR count). The maximum Gasteiger partial charge on any atom is 0.115 e. The van der Waals surface area contributed by atoms with Gasteiger partial charge in [-0.25, -0.2) is 0 Å². The molecule has 0 spiro atoms. The molecular formula is C15H32N2O2S. The number of phenols is 1. The van der Waals surface area contributed by atoms with Crippen LogP contribution in [0.15, 0.2) is 24.3 Å². The molecule has 5 heteroatoms. The lowest BCUT2D eigenvalue weighted by Gasteiger charge is -1.91. The van der Waals surface area contributed by atoms with Crippen molar-refractivity contribution in [1.82, 2.24) is 0 Å². The fraction of sp³-hybridized carbons (Fsp3) is 0.600. The molecule has 6 N–H and O–H groups in total. The summed E-state index contributed by atoms with van der Waals surface area (Å²) in [6.07, 6.45) is 0.912. The molecule has 1 aromatic rings. The molecule has 0 heterocycles. The molecule has 0 fully saturated rings. The number of anilines is 1. The van der Waals surface area contributed by atoms with Crippen LogP contribution in [0.2, 0.25) is 0 Å². The minimum absolute atomic E-state index is 0.249. The summed E-state index contributed by atoms with van der Waals surface area (Å²) < 4.78 is 0. The fourth-order valence-electron chi connectivity index (χ4n) is 0.474. The van der Waals surface area contributed by atoms with Crippen molar-refractivity contribution < 1.29 is 10.2 Å². The number of aliphatic hydroxyl groups is 1. The quantitative estimate of drug-likeness (QED) is 0.313. The second kappa shape index (κ2) is 18.1. The van der Waals surface area contributed by atoms with E-state index in [1.54, 1.807) is 31.2 Å². The van der Waals surface area contributed by atoms with E-state index in [1.807, 2.05) is 13.8 Å². The summed E-state index contributed by atoms with van der Waals surface area (Å²) in [5.74, 6) is 0.249. The standard InChI is InChI=1S/C6H7NO.C3H9NO.C3H8S.C3H8/c7-5-1-3-6(8)4-2-5;1-3(5)2-4;1-3(2)4;1-3-2/h1-4,8H,7H2;3,5H,2,4H2,1H3;3-4H,1-2H3;3H2,1-2H3. The zero-order chi connectivity index (χ0) is 16.6. The Morgan fingerprint density at radius 3 is 1.50 bits per heavy atom. The Bertz CT molecular complexity index is 254. The van der Waals surface area contributed by atoms with Gasteiger partial charge in [-0.2, -0.15) is 12.6 Å². The first-order chi connectivity index (χ1) is 9.20. The van der Waals surface area contributed by atoms with E-state index in [0.717, 1.165) is 0 Å². The Hall–Kier alpha value is -0.910. The van der Waals surface area contributed by atoms with Gasteiger partial charge < -0.3 is 21.7 Å². The van der Waals surface area contributed by atoms with Crippen molar-refractivity contribution >= 4 is 18.3 Å². The van der Waals surface area contributed by atoms with E-state index in [-0.39, 0.29) is 11.9 Å². The average molecular weight is 304 g/mol. The Kier molecular flexibility index (Phi) is 21.8. The van der Waals surface area contributed by atoms with Gasteiger partial charge in [0.15, 0.2) is 0 Å². The summed E-state index contributed by atoms with van der Waals surface area (Å²) in [6, 6.07) is 6.40. The molecule has 0 aliphatic carbocycles. The van der Waals surface area contributed by atoms with Crippen LogP contribution in [-0.4, -0.2) is 28.1 Å². The van der Waals surface area contributed by atoms with Crippen molar-refractivity contribution in [3.05, 3.63) is 24.3 Å². The van der Waals surface area contributed by atoms with Gasteiger partial charge in [0, 0.05) is 12.2 Å². The van der Waals surface area contributed by atoms with Crippen LogP contribution in [0, 0.1) is 0 Å². The van der Waals surface area contributed by atoms with Gasteiger partial charge in [-0.05, 0) is 36.4 Å². The number of hydrogen-bond acceptors (Lipinski definition) is 5. The molecule has 1 aromatic carbocycles. The van der Waals surface area contributed by atoms with Gasteiger partial charge in [-0.15, -0.1) is 0 Å². The second-order valence-corrected chi connectivity index (χ2v) is 5.51. The summed E-state index contributed by atoms with van der Waals surface area (Å²) in [5.41, 5.74) is 10.9. The molecule has 0 aliphatic heterocycles. The normalized spacial score (nSPS) is 10.1. The third-order valence-corrected chi connectivity index (χ3v) is 1.23. The van der Waals surface area contributed by atoms with Gasteiger partial charge in [-0.3, -0.25) is 0 Å². The van der Waals surface area contributed by atoms with Crippen molar-refractivity contribution in [2.24, 2.45) is 5.73 Å². The van der Waals surface area contributed by atoms with E-state index in [2.05, 4.69) is 26.5 Å². The molecule has 0 aromatic heterocycles. The van der Waals surface area contributed by atoms with Crippen LogP contribution >= 0.6 is 12.6 Å². The molecule has 0 saturated heterocycles. The minimum atomic E-state index is -0.338. The first kappa shape index (κ1) is 24.1. The van der Waals surface area contributed by atoms with Crippen molar-refractivity contribution in [3.8, 4) is 5.75 Å². The molecule has 0 radical (unpaired) electrons. The first-order valence-electron chi connectivity index (χ1n) is 6.81. The largest absolute Gasteiger partial charge is 0.508 e. The molecule has 1 atom stereocenters. The predicted octanol–water partition coefficient (Wildman–Crippen LogP) is 3.04. The van der Waals surface area contributed by atoms with Gasteiger partial charge >= 0.3 is 0 Å². The highest BCUT2D eigenvalue weighted by Gasteiger charge is 1.82. The molecule has 4 nitrogen and oxygen atoms in total. The zero-order valence-corrected chi connectivity index (χ0v) is 14.3. The van der Waals surface area contributed by atoms with Crippen LogP contribution < -0.4 is 11.5 Å². The molecule has 20 heavy (non-hydrogen) atoms. The molecule has 0 bridgehead atoms. The molecule has 0 saturated carbocycles. The predicted molar refractivity (Wildman–Crippen MR) is 93.3 cm³/mol. The third-order valence-electron chi connectivity index (χ3n) is 1.23. The highest BCUT2D eigenvalue weighted by Crippen LogP contribution is 2.09. The number of nitrogen functional groups attached to an aromatic ring is 1. The number of aliphatic hydroxyl groups excluding tert-OH is 1. The summed E-state index contributed by atoms with van der Waals surface area (Å²) in [5, 5.41) is 17.5. The Morgan fingerprint density at radius 1 is 1.10 bits per heavy atom. The summed E-state index contributed by atoms with van der Waals surface area (Å²) in [4.78, 5) is 0. The van der Waals surface area contributed by atoms with Crippen molar-refractivity contribution in [2.75, 3.05) is 12.3 Å². The number of benzene rings is 1. The van der Waals surface area contributed by atoms with Crippen LogP contribution in [0.4, 0.5) is 5.69 Å². The van der Waals surface area contributed by atoms with Crippen LogP contribution in [0.3, 0.4) is 0 Å². The maximum absolute atomic E-state index is 8.70. The summed E-state index contributed by atoms with van der Waals surface area (Å²) in [6.45, 7) is 10.3. The van der Waals surface area contributed by atoms with E-state index in [1.165, 1.54) is 6.42 Å². The van der Waals surface area contributed by atoms with E-state index in [0.29, 0.717) is 17.5 Å². The third kappa shape index (κ3) is 36.0. The molecule has 0 amide bonds. The lowest BCUT2D eigenvalue weighted by atomic mass is 10.3. The molecule has 120 valence electrons. The van der Waals surface area contributed by atoms with E-state index >= 15 is 0 Å². The number of aromatic hydroxyl groups is 1. The van der Waals surface area contributed by atoms with Crippen LogP contribution in [0.5, 0.6) is 5.75 Å².